The molecule has 0 N–H and O–H groups in total. The molecule has 1 heterocycles. The molecule has 0 atom stereocenters. The van der Waals surface area contributed by atoms with Gasteiger partial charge < -0.3 is 4.90 Å². The Morgan fingerprint density at radius 2 is 1.71 bits per heavy atom. The van der Waals surface area contributed by atoms with Gasteiger partial charge in [0.2, 0.25) is 0 Å². The van der Waals surface area contributed by atoms with Gasteiger partial charge in [-0.3, -0.25) is 9.59 Å². The van der Waals surface area contributed by atoms with Gasteiger partial charge >= 0.3 is 0 Å². The lowest BCUT2D eigenvalue weighted by molar-refractivity contribution is -0.114. The number of fused-ring (bicyclic) bond motifs is 1. The molecule has 21 heavy (non-hydrogen) atoms. The molecular formula is C15H8Cl3NO2. The molecule has 0 aliphatic carbocycles. The maximum absolute atomic E-state index is 12.1. The van der Waals surface area contributed by atoms with Crippen molar-refractivity contribution in [2.45, 2.75) is 6.54 Å². The minimum absolute atomic E-state index is 0.188. The van der Waals surface area contributed by atoms with Gasteiger partial charge in [-0.05, 0) is 29.8 Å². The van der Waals surface area contributed by atoms with Gasteiger partial charge in [0, 0.05) is 10.0 Å². The van der Waals surface area contributed by atoms with Crippen molar-refractivity contribution in [2.24, 2.45) is 0 Å². The maximum Gasteiger partial charge on any atom is 0.299 e. The van der Waals surface area contributed by atoms with Gasteiger partial charge in [0.15, 0.2) is 0 Å². The average molecular weight is 341 g/mol. The van der Waals surface area contributed by atoms with E-state index in [9.17, 15) is 9.59 Å². The predicted molar refractivity (Wildman–Crippen MR) is 83.4 cm³/mol. The van der Waals surface area contributed by atoms with Gasteiger partial charge in [-0.2, -0.15) is 0 Å². The number of benzene rings is 2. The SMILES string of the molecule is O=C1C(=O)N(Cc2ccc(Cl)cc2Cl)c2cccc(Cl)c21. The molecule has 1 amide bonds. The van der Waals surface area contributed by atoms with Gasteiger partial charge in [0.1, 0.15) is 0 Å². The molecule has 106 valence electrons. The maximum atomic E-state index is 12.1. The van der Waals surface area contributed by atoms with Crippen LogP contribution in [0.25, 0.3) is 0 Å². The molecule has 2 aromatic carbocycles. The highest BCUT2D eigenvalue weighted by Gasteiger charge is 2.37. The predicted octanol–water partition coefficient (Wildman–Crippen LogP) is 4.38. The van der Waals surface area contributed by atoms with Gasteiger partial charge in [-0.1, -0.05) is 46.9 Å². The summed E-state index contributed by atoms with van der Waals surface area (Å²) in [4.78, 5) is 25.5. The smallest absolute Gasteiger partial charge is 0.299 e. The number of anilines is 1. The van der Waals surface area contributed by atoms with Crippen molar-refractivity contribution in [2.75, 3.05) is 4.90 Å². The third-order valence-electron chi connectivity index (χ3n) is 3.29. The molecule has 1 aliphatic rings. The average Bonchev–Trinajstić information content (AvgIpc) is 2.68. The Bertz CT molecular complexity index is 774. The summed E-state index contributed by atoms with van der Waals surface area (Å²) in [6, 6.07) is 9.98. The van der Waals surface area contributed by atoms with E-state index in [-0.39, 0.29) is 17.1 Å². The first-order valence-corrected chi connectivity index (χ1v) is 7.21. The summed E-state index contributed by atoms with van der Waals surface area (Å²) in [6.07, 6.45) is 0. The number of carbonyl (C=O) groups excluding carboxylic acids is 2. The first kappa shape index (κ1) is 14.4. The van der Waals surface area contributed by atoms with Crippen LogP contribution < -0.4 is 4.90 Å². The van der Waals surface area contributed by atoms with Crippen LogP contribution in [0, 0.1) is 0 Å². The van der Waals surface area contributed by atoms with E-state index in [0.717, 1.165) is 0 Å². The Balaban J connectivity index is 2.03. The molecule has 0 spiro atoms. The van der Waals surface area contributed by atoms with Gasteiger partial charge in [0.25, 0.3) is 11.7 Å². The highest BCUT2D eigenvalue weighted by Crippen LogP contribution is 2.35. The Labute approximate surface area is 136 Å². The molecule has 6 heteroatoms. The van der Waals surface area contributed by atoms with E-state index in [2.05, 4.69) is 0 Å². The zero-order valence-corrected chi connectivity index (χ0v) is 12.8. The molecule has 3 rings (SSSR count). The van der Waals surface area contributed by atoms with Crippen LogP contribution >= 0.6 is 34.8 Å². The third kappa shape index (κ3) is 2.42. The first-order chi connectivity index (χ1) is 9.99. The molecule has 0 radical (unpaired) electrons. The summed E-state index contributed by atoms with van der Waals surface area (Å²) in [5.41, 5.74) is 1.45. The van der Waals surface area contributed by atoms with Crippen LogP contribution in [0.3, 0.4) is 0 Å². The van der Waals surface area contributed by atoms with Crippen molar-refractivity contribution >= 4 is 52.2 Å². The molecular weight excluding hydrogens is 333 g/mol. The van der Waals surface area contributed by atoms with Crippen LogP contribution in [-0.2, 0) is 11.3 Å². The van der Waals surface area contributed by atoms with E-state index in [4.69, 9.17) is 34.8 Å². The number of hydrogen-bond donors (Lipinski definition) is 0. The zero-order valence-electron chi connectivity index (χ0n) is 10.6. The largest absolute Gasteiger partial charge is 0.300 e. The second-order valence-corrected chi connectivity index (χ2v) is 5.84. The van der Waals surface area contributed by atoms with Crippen LogP contribution in [0.5, 0.6) is 0 Å². The Hall–Kier alpha value is -1.55. The van der Waals surface area contributed by atoms with Gasteiger partial charge in [-0.15, -0.1) is 0 Å². The summed E-state index contributed by atoms with van der Waals surface area (Å²) >= 11 is 18.0. The highest BCUT2D eigenvalue weighted by atomic mass is 35.5. The number of carbonyl (C=O) groups is 2. The molecule has 0 bridgehead atoms. The number of Topliss-reactive ketones (excluding diaryl/α,β-unsaturated/α-hetero) is 1. The van der Waals surface area contributed by atoms with Crippen molar-refractivity contribution in [1.82, 2.24) is 0 Å². The molecule has 0 saturated carbocycles. The zero-order chi connectivity index (χ0) is 15.1. The van der Waals surface area contributed by atoms with Crippen molar-refractivity contribution in [3.8, 4) is 0 Å². The summed E-state index contributed by atoms with van der Waals surface area (Å²) in [5.74, 6) is -1.20. The van der Waals surface area contributed by atoms with Crippen LogP contribution in [0.4, 0.5) is 5.69 Å². The standard InChI is InChI=1S/C15H8Cl3NO2/c16-9-5-4-8(11(18)6-9)7-19-12-3-1-2-10(17)13(12)14(20)15(19)21/h1-6H,7H2. The molecule has 2 aromatic rings. The van der Waals surface area contributed by atoms with E-state index in [1.807, 2.05) is 0 Å². The molecule has 3 nitrogen and oxygen atoms in total. The van der Waals surface area contributed by atoms with Crippen molar-refractivity contribution in [1.29, 1.82) is 0 Å². The molecule has 0 saturated heterocycles. The Morgan fingerprint density at radius 1 is 0.952 bits per heavy atom. The molecule has 0 fully saturated rings. The summed E-state index contributed by atoms with van der Waals surface area (Å²) < 4.78 is 0. The number of rotatable bonds is 2. The second-order valence-electron chi connectivity index (χ2n) is 4.59. The third-order valence-corrected chi connectivity index (χ3v) is 4.19. The van der Waals surface area contributed by atoms with Crippen LogP contribution in [0.1, 0.15) is 15.9 Å². The summed E-state index contributed by atoms with van der Waals surface area (Å²) in [5, 5.41) is 1.23. The fourth-order valence-corrected chi connectivity index (χ4v) is 3.00. The van der Waals surface area contributed by atoms with E-state index in [0.29, 0.717) is 21.3 Å². The lowest BCUT2D eigenvalue weighted by Gasteiger charge is -2.17. The quantitative estimate of drug-likeness (QED) is 0.761. The minimum atomic E-state index is -0.607. The fraction of sp³-hybridized carbons (Fsp3) is 0.0667. The van der Waals surface area contributed by atoms with E-state index in [1.165, 1.54) is 4.90 Å². The molecule has 0 aromatic heterocycles. The van der Waals surface area contributed by atoms with Gasteiger partial charge in [-0.25, -0.2) is 0 Å². The highest BCUT2D eigenvalue weighted by molar-refractivity contribution is 6.55. The lowest BCUT2D eigenvalue weighted by Crippen LogP contribution is -2.29. The number of ketones is 1. The van der Waals surface area contributed by atoms with Crippen LogP contribution in [0.15, 0.2) is 36.4 Å². The van der Waals surface area contributed by atoms with E-state index in [1.54, 1.807) is 36.4 Å². The molecule has 1 aliphatic heterocycles. The minimum Gasteiger partial charge on any atom is -0.300 e. The van der Waals surface area contributed by atoms with E-state index < -0.39 is 11.7 Å². The van der Waals surface area contributed by atoms with Crippen molar-refractivity contribution in [3.63, 3.8) is 0 Å². The normalized spacial score (nSPS) is 13.8. The second kappa shape index (κ2) is 5.34. The summed E-state index contributed by atoms with van der Waals surface area (Å²) in [7, 11) is 0. The molecule has 0 unspecified atom stereocenters. The monoisotopic (exact) mass is 339 g/mol. The topological polar surface area (TPSA) is 37.4 Å². The number of halogens is 3. The summed E-state index contributed by atoms with van der Waals surface area (Å²) in [6.45, 7) is 0.188. The Kier molecular flexibility index (Phi) is 3.66. The number of nitrogens with zero attached hydrogens (tertiary/aromatic N) is 1. The van der Waals surface area contributed by atoms with Crippen molar-refractivity contribution in [3.05, 3.63) is 62.6 Å². The van der Waals surface area contributed by atoms with Crippen molar-refractivity contribution < 1.29 is 9.59 Å². The van der Waals surface area contributed by atoms with Crippen LogP contribution in [0.2, 0.25) is 15.1 Å². The number of amides is 1. The Morgan fingerprint density at radius 3 is 2.43 bits per heavy atom. The number of hydrogen-bond acceptors (Lipinski definition) is 2. The van der Waals surface area contributed by atoms with E-state index >= 15 is 0 Å². The lowest BCUT2D eigenvalue weighted by atomic mass is 10.1. The fourth-order valence-electron chi connectivity index (χ4n) is 2.28. The van der Waals surface area contributed by atoms with Crippen LogP contribution in [-0.4, -0.2) is 11.7 Å². The first-order valence-electron chi connectivity index (χ1n) is 6.07. The van der Waals surface area contributed by atoms with Gasteiger partial charge in [0.05, 0.1) is 22.8 Å².